The third-order valence-electron chi connectivity index (χ3n) is 3.22. The van der Waals surface area contributed by atoms with E-state index in [0.29, 0.717) is 0 Å². The molecule has 0 aliphatic rings. The molecule has 2 heteroatoms. The molecule has 0 aliphatic carbocycles. The number of hydrogen-bond acceptors (Lipinski definition) is 2. The third kappa shape index (κ3) is 3.64. The Kier molecular flexibility index (Phi) is 4.83. The van der Waals surface area contributed by atoms with Crippen LogP contribution in [0.1, 0.15) is 40.9 Å². The predicted octanol–water partition coefficient (Wildman–Crippen LogP) is 3.92. The molecule has 0 N–H and O–H groups in total. The van der Waals surface area contributed by atoms with E-state index in [1.165, 1.54) is 11.1 Å². The van der Waals surface area contributed by atoms with E-state index in [0.717, 1.165) is 24.1 Å². The molecule has 2 aromatic carbocycles. The lowest BCUT2D eigenvalue weighted by molar-refractivity contribution is 0.101. The first-order valence-corrected chi connectivity index (χ1v) is 6.88. The van der Waals surface area contributed by atoms with E-state index in [2.05, 4.69) is 17.1 Å². The standard InChI is InChI=1S/C18H19NO/c1-3-19-13-18-7-5-4-6-17(18)12-15-8-10-16(11-9-15)14(2)20/h4-11,13H,3,12H2,1-2H3/b19-13-. The van der Waals surface area contributed by atoms with Crippen LogP contribution in [0.2, 0.25) is 0 Å². The molecule has 0 fully saturated rings. The number of rotatable bonds is 5. The fourth-order valence-electron chi connectivity index (χ4n) is 2.09. The lowest BCUT2D eigenvalue weighted by Gasteiger charge is -2.06. The zero-order chi connectivity index (χ0) is 14.4. The molecule has 2 rings (SSSR count). The van der Waals surface area contributed by atoms with Crippen molar-refractivity contribution in [2.75, 3.05) is 6.54 Å². The molecule has 20 heavy (non-hydrogen) atoms. The zero-order valence-corrected chi connectivity index (χ0v) is 12.0. The maximum Gasteiger partial charge on any atom is 0.159 e. The highest BCUT2D eigenvalue weighted by atomic mass is 16.1. The van der Waals surface area contributed by atoms with Gasteiger partial charge in [0, 0.05) is 18.3 Å². The van der Waals surface area contributed by atoms with Gasteiger partial charge in [-0.05, 0) is 37.0 Å². The van der Waals surface area contributed by atoms with Crippen LogP contribution < -0.4 is 0 Å². The van der Waals surface area contributed by atoms with Gasteiger partial charge in [0.2, 0.25) is 0 Å². The van der Waals surface area contributed by atoms with Gasteiger partial charge < -0.3 is 0 Å². The van der Waals surface area contributed by atoms with Crippen LogP contribution in [0.15, 0.2) is 53.5 Å². The number of hydrogen-bond donors (Lipinski definition) is 0. The summed E-state index contributed by atoms with van der Waals surface area (Å²) in [6.45, 7) is 4.41. The molecule has 0 radical (unpaired) electrons. The molecule has 0 atom stereocenters. The van der Waals surface area contributed by atoms with E-state index in [1.807, 2.05) is 49.5 Å². The molecule has 0 aliphatic heterocycles. The Morgan fingerprint density at radius 1 is 1.10 bits per heavy atom. The molecule has 0 bridgehead atoms. The van der Waals surface area contributed by atoms with Crippen molar-refractivity contribution in [3.63, 3.8) is 0 Å². The van der Waals surface area contributed by atoms with Crippen molar-refractivity contribution < 1.29 is 4.79 Å². The van der Waals surface area contributed by atoms with Crippen molar-refractivity contribution in [3.05, 3.63) is 70.8 Å². The summed E-state index contributed by atoms with van der Waals surface area (Å²) in [5.41, 5.74) is 4.37. The van der Waals surface area contributed by atoms with E-state index >= 15 is 0 Å². The Morgan fingerprint density at radius 2 is 1.80 bits per heavy atom. The van der Waals surface area contributed by atoms with Crippen LogP contribution in [0.3, 0.4) is 0 Å². The van der Waals surface area contributed by atoms with Gasteiger partial charge in [-0.15, -0.1) is 0 Å². The number of aliphatic imine (C=N–C) groups is 1. The maximum atomic E-state index is 11.3. The van der Waals surface area contributed by atoms with Gasteiger partial charge in [0.15, 0.2) is 5.78 Å². The summed E-state index contributed by atoms with van der Waals surface area (Å²) in [4.78, 5) is 15.6. The van der Waals surface area contributed by atoms with Crippen LogP contribution in [0.4, 0.5) is 0 Å². The van der Waals surface area contributed by atoms with Crippen molar-refractivity contribution in [2.45, 2.75) is 20.3 Å². The van der Waals surface area contributed by atoms with Gasteiger partial charge in [-0.1, -0.05) is 48.5 Å². The van der Waals surface area contributed by atoms with Crippen molar-refractivity contribution in [1.29, 1.82) is 0 Å². The highest BCUT2D eigenvalue weighted by Gasteiger charge is 2.03. The molecular weight excluding hydrogens is 246 g/mol. The van der Waals surface area contributed by atoms with Crippen LogP contribution in [0, 0.1) is 0 Å². The number of ketones is 1. The van der Waals surface area contributed by atoms with Crippen LogP contribution >= 0.6 is 0 Å². The van der Waals surface area contributed by atoms with E-state index in [4.69, 9.17) is 0 Å². The van der Waals surface area contributed by atoms with Crippen LogP contribution in [0.5, 0.6) is 0 Å². The molecule has 2 aromatic rings. The molecular formula is C18H19NO. The lowest BCUT2D eigenvalue weighted by Crippen LogP contribution is -1.96. The van der Waals surface area contributed by atoms with Crippen LogP contribution in [0.25, 0.3) is 0 Å². The second-order valence-electron chi connectivity index (χ2n) is 4.76. The summed E-state index contributed by atoms with van der Waals surface area (Å²) < 4.78 is 0. The fraction of sp³-hybridized carbons (Fsp3) is 0.222. The van der Waals surface area contributed by atoms with Crippen molar-refractivity contribution >= 4 is 12.0 Å². The Labute approximate surface area is 120 Å². The second kappa shape index (κ2) is 6.80. The molecule has 0 unspecified atom stereocenters. The average molecular weight is 265 g/mol. The van der Waals surface area contributed by atoms with E-state index < -0.39 is 0 Å². The van der Waals surface area contributed by atoms with Crippen molar-refractivity contribution in [1.82, 2.24) is 0 Å². The summed E-state index contributed by atoms with van der Waals surface area (Å²) >= 11 is 0. The van der Waals surface area contributed by atoms with E-state index in [1.54, 1.807) is 6.92 Å². The average Bonchev–Trinajstić information content (AvgIpc) is 2.47. The minimum atomic E-state index is 0.104. The molecule has 2 nitrogen and oxygen atoms in total. The summed E-state index contributed by atoms with van der Waals surface area (Å²) in [6.07, 6.45) is 2.78. The zero-order valence-electron chi connectivity index (χ0n) is 12.0. The van der Waals surface area contributed by atoms with Gasteiger partial charge >= 0.3 is 0 Å². The van der Waals surface area contributed by atoms with Crippen LogP contribution in [-0.4, -0.2) is 18.5 Å². The number of Topliss-reactive ketones (excluding diaryl/α,β-unsaturated/α-hetero) is 1. The van der Waals surface area contributed by atoms with Gasteiger partial charge in [0.25, 0.3) is 0 Å². The summed E-state index contributed by atoms with van der Waals surface area (Å²) in [7, 11) is 0. The van der Waals surface area contributed by atoms with Crippen molar-refractivity contribution in [3.8, 4) is 0 Å². The van der Waals surface area contributed by atoms with Gasteiger partial charge in [-0.25, -0.2) is 0 Å². The monoisotopic (exact) mass is 265 g/mol. The van der Waals surface area contributed by atoms with Crippen LogP contribution in [-0.2, 0) is 6.42 Å². The highest BCUT2D eigenvalue weighted by molar-refractivity contribution is 5.94. The lowest BCUT2D eigenvalue weighted by atomic mass is 9.99. The Balaban J connectivity index is 2.21. The normalized spacial score (nSPS) is 10.9. The summed E-state index contributed by atoms with van der Waals surface area (Å²) in [5, 5.41) is 0. The number of benzene rings is 2. The molecule has 0 spiro atoms. The van der Waals surface area contributed by atoms with Gasteiger partial charge in [-0.2, -0.15) is 0 Å². The second-order valence-corrected chi connectivity index (χ2v) is 4.76. The number of nitrogens with zero attached hydrogens (tertiary/aromatic N) is 1. The quantitative estimate of drug-likeness (QED) is 0.595. The SMILES string of the molecule is CC/N=C\c1ccccc1Cc1ccc(C(C)=O)cc1. The number of carbonyl (C=O) groups is 1. The predicted molar refractivity (Wildman–Crippen MR) is 83.8 cm³/mol. The topological polar surface area (TPSA) is 29.4 Å². The minimum Gasteiger partial charge on any atom is -0.295 e. The Morgan fingerprint density at radius 3 is 2.45 bits per heavy atom. The molecule has 0 saturated heterocycles. The molecule has 0 amide bonds. The van der Waals surface area contributed by atoms with Gasteiger partial charge in [0.05, 0.1) is 0 Å². The first kappa shape index (κ1) is 14.2. The molecule has 0 heterocycles. The number of carbonyl (C=O) groups excluding carboxylic acids is 1. The van der Waals surface area contributed by atoms with Gasteiger partial charge in [-0.3, -0.25) is 9.79 Å². The van der Waals surface area contributed by atoms with E-state index in [9.17, 15) is 4.79 Å². The summed E-state index contributed by atoms with van der Waals surface area (Å²) in [5.74, 6) is 0.104. The smallest absolute Gasteiger partial charge is 0.159 e. The molecule has 0 aromatic heterocycles. The minimum absolute atomic E-state index is 0.104. The highest BCUT2D eigenvalue weighted by Crippen LogP contribution is 2.14. The fourth-order valence-corrected chi connectivity index (χ4v) is 2.09. The van der Waals surface area contributed by atoms with Gasteiger partial charge in [0.1, 0.15) is 0 Å². The molecule has 0 saturated carbocycles. The first-order chi connectivity index (χ1) is 9.70. The largest absolute Gasteiger partial charge is 0.295 e. The Bertz CT molecular complexity index is 612. The Hall–Kier alpha value is -2.22. The van der Waals surface area contributed by atoms with E-state index in [-0.39, 0.29) is 5.78 Å². The molecule has 102 valence electrons. The summed E-state index contributed by atoms with van der Waals surface area (Å²) in [6, 6.07) is 16.1. The first-order valence-electron chi connectivity index (χ1n) is 6.88. The van der Waals surface area contributed by atoms with Crippen molar-refractivity contribution in [2.24, 2.45) is 4.99 Å². The third-order valence-corrected chi connectivity index (χ3v) is 3.22. The maximum absolute atomic E-state index is 11.3.